The number of imidazole rings is 1. The van der Waals surface area contributed by atoms with Gasteiger partial charge in [0.05, 0.1) is 12.4 Å². The summed E-state index contributed by atoms with van der Waals surface area (Å²) in [5.74, 6) is -3.29. The standard InChI is InChI=1S/C18H30N6O5S/c1-4-9(2)14(24-16(26)13(7-30)23-15(25)10(3)19)17(27)22-12(18(28)29)5-11-6-20-8-21-11/h6,8-10,12-14,30H,4-5,7,19H2,1-3H3,(H,20,21)(H,22,27)(H,23,25)(H,24,26)(H,28,29). The molecule has 11 nitrogen and oxygen atoms in total. The summed E-state index contributed by atoms with van der Waals surface area (Å²) in [6.07, 6.45) is 3.43. The molecule has 0 saturated carbocycles. The zero-order valence-electron chi connectivity index (χ0n) is 17.2. The maximum atomic E-state index is 12.8. The van der Waals surface area contributed by atoms with Crippen molar-refractivity contribution in [3.8, 4) is 0 Å². The Kier molecular flexibility index (Phi) is 10.3. The van der Waals surface area contributed by atoms with Gasteiger partial charge >= 0.3 is 5.97 Å². The number of hydrogen-bond acceptors (Lipinski definition) is 7. The fourth-order valence-electron chi connectivity index (χ4n) is 2.53. The number of carboxylic acid groups (broad SMARTS) is 1. The molecule has 0 aromatic carbocycles. The van der Waals surface area contributed by atoms with Crippen molar-refractivity contribution in [2.45, 2.75) is 57.8 Å². The van der Waals surface area contributed by atoms with Crippen molar-refractivity contribution in [3.63, 3.8) is 0 Å². The molecule has 1 rings (SSSR count). The topological polar surface area (TPSA) is 179 Å². The van der Waals surface area contributed by atoms with Crippen molar-refractivity contribution in [2.24, 2.45) is 11.7 Å². The molecule has 5 unspecified atom stereocenters. The Labute approximate surface area is 180 Å². The number of aromatic nitrogens is 2. The molecular formula is C18H30N6O5S. The first-order valence-electron chi connectivity index (χ1n) is 9.58. The summed E-state index contributed by atoms with van der Waals surface area (Å²) in [5.41, 5.74) is 6.04. The SMILES string of the molecule is CCC(C)C(NC(=O)C(CS)NC(=O)C(C)N)C(=O)NC(Cc1cnc[nH]1)C(=O)O. The number of carboxylic acids is 1. The zero-order valence-corrected chi connectivity index (χ0v) is 18.1. The van der Waals surface area contributed by atoms with Crippen LogP contribution in [0, 0.1) is 5.92 Å². The summed E-state index contributed by atoms with van der Waals surface area (Å²) in [4.78, 5) is 55.4. The zero-order chi connectivity index (χ0) is 22.8. The molecule has 0 spiro atoms. The van der Waals surface area contributed by atoms with Gasteiger partial charge in [0.15, 0.2) is 0 Å². The Morgan fingerprint density at radius 3 is 2.23 bits per heavy atom. The second-order valence-corrected chi connectivity index (χ2v) is 7.45. The Hall–Kier alpha value is -2.60. The first kappa shape index (κ1) is 25.4. The van der Waals surface area contributed by atoms with E-state index in [1.54, 1.807) is 6.92 Å². The van der Waals surface area contributed by atoms with Crippen molar-refractivity contribution >= 4 is 36.3 Å². The average molecular weight is 443 g/mol. The molecule has 0 aliphatic heterocycles. The molecule has 0 bridgehead atoms. The fraction of sp³-hybridized carbons (Fsp3) is 0.611. The number of hydrogen-bond donors (Lipinski definition) is 7. The van der Waals surface area contributed by atoms with E-state index in [9.17, 15) is 24.3 Å². The average Bonchev–Trinajstić information content (AvgIpc) is 3.21. The Morgan fingerprint density at radius 1 is 1.13 bits per heavy atom. The molecule has 0 saturated heterocycles. The number of aromatic amines is 1. The third-order valence-electron chi connectivity index (χ3n) is 4.62. The Bertz CT molecular complexity index is 727. The van der Waals surface area contributed by atoms with E-state index in [1.807, 2.05) is 6.92 Å². The van der Waals surface area contributed by atoms with E-state index < -0.39 is 47.9 Å². The summed E-state index contributed by atoms with van der Waals surface area (Å²) < 4.78 is 0. The molecule has 3 amide bonds. The van der Waals surface area contributed by atoms with E-state index in [2.05, 4.69) is 38.5 Å². The van der Waals surface area contributed by atoms with Gasteiger partial charge in [-0.1, -0.05) is 20.3 Å². The quantitative estimate of drug-likeness (QED) is 0.199. The van der Waals surface area contributed by atoms with Crippen LogP contribution in [0.5, 0.6) is 0 Å². The Balaban J connectivity index is 2.90. The molecule has 5 atom stereocenters. The lowest BCUT2D eigenvalue weighted by Crippen LogP contribution is -2.59. The van der Waals surface area contributed by atoms with Gasteiger partial charge in [0.1, 0.15) is 18.1 Å². The van der Waals surface area contributed by atoms with Crippen LogP contribution in [0.3, 0.4) is 0 Å². The summed E-state index contributed by atoms with van der Waals surface area (Å²) in [6.45, 7) is 5.07. The van der Waals surface area contributed by atoms with Gasteiger partial charge in [-0.15, -0.1) is 0 Å². The maximum Gasteiger partial charge on any atom is 0.326 e. The largest absolute Gasteiger partial charge is 0.480 e. The van der Waals surface area contributed by atoms with E-state index in [4.69, 9.17) is 5.73 Å². The minimum Gasteiger partial charge on any atom is -0.480 e. The molecular weight excluding hydrogens is 412 g/mol. The van der Waals surface area contributed by atoms with Gasteiger partial charge < -0.3 is 31.8 Å². The number of thiol groups is 1. The van der Waals surface area contributed by atoms with Gasteiger partial charge in [0.2, 0.25) is 17.7 Å². The highest BCUT2D eigenvalue weighted by Gasteiger charge is 2.32. The van der Waals surface area contributed by atoms with E-state index in [-0.39, 0.29) is 18.1 Å². The number of amides is 3. The number of rotatable bonds is 12. The number of nitrogens with one attached hydrogen (secondary N) is 4. The van der Waals surface area contributed by atoms with Gasteiger partial charge in [-0.05, 0) is 12.8 Å². The third-order valence-corrected chi connectivity index (χ3v) is 4.98. The molecule has 30 heavy (non-hydrogen) atoms. The van der Waals surface area contributed by atoms with Crippen molar-refractivity contribution in [2.75, 3.05) is 5.75 Å². The van der Waals surface area contributed by atoms with Gasteiger partial charge in [-0.3, -0.25) is 14.4 Å². The number of nitrogens with two attached hydrogens (primary N) is 1. The van der Waals surface area contributed by atoms with Crippen LogP contribution in [0.4, 0.5) is 0 Å². The highest BCUT2D eigenvalue weighted by molar-refractivity contribution is 7.80. The Morgan fingerprint density at radius 2 is 1.77 bits per heavy atom. The monoisotopic (exact) mass is 442 g/mol. The molecule has 1 aromatic heterocycles. The van der Waals surface area contributed by atoms with Crippen LogP contribution in [0.1, 0.15) is 32.9 Å². The van der Waals surface area contributed by atoms with Crippen LogP contribution < -0.4 is 21.7 Å². The normalized spacial score (nSPS) is 15.9. The number of aliphatic carboxylic acids is 1. The second-order valence-electron chi connectivity index (χ2n) is 7.08. The molecule has 0 radical (unpaired) electrons. The first-order valence-corrected chi connectivity index (χ1v) is 10.2. The van der Waals surface area contributed by atoms with Crippen LogP contribution in [0.25, 0.3) is 0 Å². The molecule has 0 aliphatic rings. The van der Waals surface area contributed by atoms with Crippen molar-refractivity contribution < 1.29 is 24.3 Å². The van der Waals surface area contributed by atoms with Gasteiger partial charge in [-0.2, -0.15) is 12.6 Å². The van der Waals surface area contributed by atoms with E-state index in [0.717, 1.165) is 0 Å². The second kappa shape index (κ2) is 12.2. The van der Waals surface area contributed by atoms with Gasteiger partial charge in [0, 0.05) is 24.1 Å². The van der Waals surface area contributed by atoms with E-state index >= 15 is 0 Å². The van der Waals surface area contributed by atoms with Crippen molar-refractivity contribution in [1.82, 2.24) is 25.9 Å². The maximum absolute atomic E-state index is 12.8. The molecule has 168 valence electrons. The fourth-order valence-corrected chi connectivity index (χ4v) is 2.79. The molecule has 0 aliphatic carbocycles. The molecule has 1 heterocycles. The highest BCUT2D eigenvalue weighted by Crippen LogP contribution is 2.10. The predicted octanol–water partition coefficient (Wildman–Crippen LogP) is -1.19. The predicted molar refractivity (Wildman–Crippen MR) is 113 cm³/mol. The van der Waals surface area contributed by atoms with Crippen LogP contribution in [-0.2, 0) is 25.6 Å². The number of carbonyl (C=O) groups excluding carboxylic acids is 3. The van der Waals surface area contributed by atoms with Crippen LogP contribution in [0.15, 0.2) is 12.5 Å². The summed E-state index contributed by atoms with van der Waals surface area (Å²) in [5, 5.41) is 17.0. The van der Waals surface area contributed by atoms with Gasteiger partial charge in [0.25, 0.3) is 0 Å². The van der Waals surface area contributed by atoms with Crippen LogP contribution >= 0.6 is 12.6 Å². The third kappa shape index (κ3) is 7.67. The lowest BCUT2D eigenvalue weighted by atomic mass is 9.97. The van der Waals surface area contributed by atoms with Crippen LogP contribution in [0.2, 0.25) is 0 Å². The summed E-state index contributed by atoms with van der Waals surface area (Å²) in [7, 11) is 0. The van der Waals surface area contributed by atoms with E-state index in [0.29, 0.717) is 12.1 Å². The van der Waals surface area contributed by atoms with Crippen molar-refractivity contribution in [1.29, 1.82) is 0 Å². The molecule has 0 fully saturated rings. The van der Waals surface area contributed by atoms with E-state index in [1.165, 1.54) is 19.4 Å². The number of nitrogens with zero attached hydrogens (tertiary/aromatic N) is 1. The smallest absolute Gasteiger partial charge is 0.326 e. The minimum atomic E-state index is -1.22. The number of carbonyl (C=O) groups is 4. The first-order chi connectivity index (χ1) is 14.1. The molecule has 1 aromatic rings. The summed E-state index contributed by atoms with van der Waals surface area (Å²) >= 11 is 4.07. The lowest BCUT2D eigenvalue weighted by molar-refractivity contribution is -0.142. The molecule has 12 heteroatoms. The van der Waals surface area contributed by atoms with Crippen LogP contribution in [-0.4, -0.2) is 68.7 Å². The summed E-state index contributed by atoms with van der Waals surface area (Å²) in [6, 6.07) is -4.01. The molecule has 7 N–H and O–H groups in total. The van der Waals surface area contributed by atoms with Gasteiger partial charge in [-0.25, -0.2) is 9.78 Å². The minimum absolute atomic E-state index is 0.00326. The number of H-pyrrole nitrogens is 1. The lowest BCUT2D eigenvalue weighted by Gasteiger charge is -2.27. The van der Waals surface area contributed by atoms with Crippen molar-refractivity contribution in [3.05, 3.63) is 18.2 Å². The highest BCUT2D eigenvalue weighted by atomic mass is 32.1.